The van der Waals surface area contributed by atoms with E-state index < -0.39 is 0 Å². The number of hydrogen-bond donors (Lipinski definition) is 1. The van der Waals surface area contributed by atoms with Crippen LogP contribution in [0.2, 0.25) is 0 Å². The van der Waals surface area contributed by atoms with E-state index in [0.29, 0.717) is 18.6 Å². The molecular formula is C31H34N2O4. The van der Waals surface area contributed by atoms with Crippen LogP contribution < -0.4 is 10.1 Å². The number of ketones is 2. The van der Waals surface area contributed by atoms with Crippen molar-refractivity contribution in [3.63, 3.8) is 0 Å². The lowest BCUT2D eigenvalue weighted by Crippen LogP contribution is -2.39. The molecule has 1 aliphatic heterocycles. The summed E-state index contributed by atoms with van der Waals surface area (Å²) in [6.45, 7) is 6.79. The van der Waals surface area contributed by atoms with Gasteiger partial charge in [0, 0.05) is 53.5 Å². The molecule has 2 aromatic carbocycles. The van der Waals surface area contributed by atoms with Crippen molar-refractivity contribution in [3.8, 4) is 5.75 Å². The van der Waals surface area contributed by atoms with Crippen LogP contribution in [0.15, 0.2) is 65.0 Å². The minimum absolute atomic E-state index is 0.108. The van der Waals surface area contributed by atoms with Gasteiger partial charge >= 0.3 is 0 Å². The van der Waals surface area contributed by atoms with Crippen LogP contribution in [0.25, 0.3) is 0 Å². The zero-order chi connectivity index (χ0) is 26.1. The lowest BCUT2D eigenvalue weighted by Gasteiger charge is -2.43. The third-order valence-corrected chi connectivity index (χ3v) is 7.78. The molecule has 0 saturated heterocycles. The number of allylic oxidation sites excluding steroid dienone is 4. The first-order valence-corrected chi connectivity index (χ1v) is 13.3. The monoisotopic (exact) mass is 498 g/mol. The Kier molecular flexibility index (Phi) is 7.00. The van der Waals surface area contributed by atoms with E-state index in [2.05, 4.69) is 17.1 Å². The molecule has 3 aliphatic rings. The van der Waals surface area contributed by atoms with Crippen molar-refractivity contribution in [3.05, 3.63) is 81.7 Å². The number of nitrogens with zero attached hydrogens (tertiary/aromatic N) is 1. The maximum absolute atomic E-state index is 13.2. The molecule has 37 heavy (non-hydrogen) atoms. The van der Waals surface area contributed by atoms with Gasteiger partial charge in [0.25, 0.3) is 5.91 Å². The Bertz CT molecular complexity index is 1280. The molecule has 192 valence electrons. The third kappa shape index (κ3) is 4.85. The average Bonchev–Trinajstić information content (AvgIpc) is 2.89. The van der Waals surface area contributed by atoms with Gasteiger partial charge in [-0.05, 0) is 87.4 Å². The van der Waals surface area contributed by atoms with Gasteiger partial charge in [-0.1, -0.05) is 18.2 Å². The molecule has 6 heteroatoms. The molecular weight excluding hydrogens is 464 g/mol. The van der Waals surface area contributed by atoms with E-state index in [1.165, 1.54) is 5.56 Å². The molecule has 5 rings (SSSR count). The number of hydrogen-bond acceptors (Lipinski definition) is 5. The van der Waals surface area contributed by atoms with Gasteiger partial charge in [0.1, 0.15) is 5.75 Å². The van der Waals surface area contributed by atoms with Crippen LogP contribution in [-0.4, -0.2) is 35.5 Å². The van der Waals surface area contributed by atoms with Crippen LogP contribution in [0.1, 0.15) is 68.1 Å². The standard InChI is InChI=1S/C31H34N2O4/c1-4-33-24-7-5-9-26(34)30(24)29(31-25(33)8-6-10-27(31)35)21-12-15-23(16-13-21)37-18-28(36)32-22-14-11-19(2)20(3)17-22/h11-17,29H,4-10,18H2,1-3H3,(H,32,36). The van der Waals surface area contributed by atoms with E-state index in [1.807, 2.05) is 56.3 Å². The molecule has 2 aliphatic carbocycles. The number of rotatable bonds is 6. The number of Topliss-reactive ketones (excluding diaryl/α,β-unsaturated/α-hetero) is 2. The zero-order valence-corrected chi connectivity index (χ0v) is 21.9. The maximum atomic E-state index is 13.2. The van der Waals surface area contributed by atoms with Crippen LogP contribution >= 0.6 is 0 Å². The minimum Gasteiger partial charge on any atom is -0.484 e. The summed E-state index contributed by atoms with van der Waals surface area (Å²) >= 11 is 0. The normalized spacial score (nSPS) is 18.1. The Morgan fingerprint density at radius 1 is 0.892 bits per heavy atom. The lowest BCUT2D eigenvalue weighted by molar-refractivity contribution is -0.118. The first-order chi connectivity index (χ1) is 17.9. The quantitative estimate of drug-likeness (QED) is 0.549. The third-order valence-electron chi connectivity index (χ3n) is 7.78. The number of carbonyl (C=O) groups is 3. The number of aryl methyl sites for hydroxylation is 2. The lowest BCUT2D eigenvalue weighted by atomic mass is 9.71. The Hall–Kier alpha value is -3.67. The van der Waals surface area contributed by atoms with Crippen molar-refractivity contribution in [2.75, 3.05) is 18.5 Å². The highest BCUT2D eigenvalue weighted by atomic mass is 16.5. The van der Waals surface area contributed by atoms with Crippen molar-refractivity contribution < 1.29 is 19.1 Å². The summed E-state index contributed by atoms with van der Waals surface area (Å²) < 4.78 is 5.75. The molecule has 0 fully saturated rings. The molecule has 2 aromatic rings. The van der Waals surface area contributed by atoms with E-state index in [4.69, 9.17) is 4.74 Å². The fourth-order valence-electron chi connectivity index (χ4n) is 5.85. The van der Waals surface area contributed by atoms with Crippen molar-refractivity contribution in [2.24, 2.45) is 0 Å². The Morgan fingerprint density at radius 2 is 1.51 bits per heavy atom. The summed E-state index contributed by atoms with van der Waals surface area (Å²) in [5.41, 5.74) is 7.74. The maximum Gasteiger partial charge on any atom is 0.262 e. The van der Waals surface area contributed by atoms with Crippen LogP contribution in [0.5, 0.6) is 5.75 Å². The molecule has 0 unspecified atom stereocenters. The minimum atomic E-state index is -0.324. The predicted octanol–water partition coefficient (Wildman–Crippen LogP) is 5.75. The summed E-state index contributed by atoms with van der Waals surface area (Å²) in [5.74, 6) is 0.314. The van der Waals surface area contributed by atoms with Gasteiger partial charge in [-0.3, -0.25) is 14.4 Å². The fraction of sp³-hybridized carbons (Fsp3) is 0.387. The van der Waals surface area contributed by atoms with Gasteiger partial charge in [-0.15, -0.1) is 0 Å². The van der Waals surface area contributed by atoms with Crippen molar-refractivity contribution in [1.29, 1.82) is 0 Å². The number of ether oxygens (including phenoxy) is 1. The first-order valence-electron chi connectivity index (χ1n) is 13.3. The summed E-state index contributed by atoms with van der Waals surface area (Å²) in [6, 6.07) is 13.3. The SMILES string of the molecule is CCN1C2=C(C(=O)CCC2)C(c2ccc(OCC(=O)Nc3ccc(C)c(C)c3)cc2)C2=C1CCCC2=O. The zero-order valence-electron chi connectivity index (χ0n) is 21.9. The molecule has 0 spiro atoms. The largest absolute Gasteiger partial charge is 0.484 e. The molecule has 1 heterocycles. The van der Waals surface area contributed by atoms with Gasteiger partial charge in [0.2, 0.25) is 0 Å². The van der Waals surface area contributed by atoms with E-state index in [-0.39, 0.29) is 30.0 Å². The van der Waals surface area contributed by atoms with Gasteiger partial charge in [-0.2, -0.15) is 0 Å². The van der Waals surface area contributed by atoms with Crippen molar-refractivity contribution in [1.82, 2.24) is 4.90 Å². The van der Waals surface area contributed by atoms with Gasteiger partial charge < -0.3 is 15.0 Å². The molecule has 1 N–H and O–H groups in total. The van der Waals surface area contributed by atoms with E-state index in [1.54, 1.807) is 0 Å². The molecule has 0 radical (unpaired) electrons. The van der Waals surface area contributed by atoms with Crippen LogP contribution in [-0.2, 0) is 14.4 Å². The van der Waals surface area contributed by atoms with Crippen LogP contribution in [0, 0.1) is 13.8 Å². The fourth-order valence-corrected chi connectivity index (χ4v) is 5.85. The van der Waals surface area contributed by atoms with Gasteiger partial charge in [-0.25, -0.2) is 0 Å². The molecule has 1 amide bonds. The molecule has 0 bridgehead atoms. The first kappa shape index (κ1) is 25.0. The average molecular weight is 499 g/mol. The molecule has 6 nitrogen and oxygen atoms in total. The highest BCUT2D eigenvalue weighted by Crippen LogP contribution is 2.49. The number of anilines is 1. The Morgan fingerprint density at radius 3 is 2.08 bits per heavy atom. The Labute approximate surface area is 218 Å². The highest BCUT2D eigenvalue weighted by Gasteiger charge is 2.42. The van der Waals surface area contributed by atoms with Crippen molar-refractivity contribution in [2.45, 2.75) is 65.2 Å². The molecule has 0 saturated carbocycles. The van der Waals surface area contributed by atoms with Crippen LogP contribution in [0.4, 0.5) is 5.69 Å². The Balaban J connectivity index is 1.36. The number of nitrogens with one attached hydrogen (secondary N) is 1. The predicted molar refractivity (Wildman–Crippen MR) is 143 cm³/mol. The number of benzene rings is 2. The summed E-state index contributed by atoms with van der Waals surface area (Å²) in [5, 5.41) is 2.87. The molecule has 0 aromatic heterocycles. The van der Waals surface area contributed by atoms with E-state index in [0.717, 1.165) is 71.6 Å². The summed E-state index contributed by atoms with van der Waals surface area (Å²) in [4.78, 5) is 41.1. The van der Waals surface area contributed by atoms with Gasteiger partial charge in [0.15, 0.2) is 18.2 Å². The second-order valence-electron chi connectivity index (χ2n) is 10.2. The topological polar surface area (TPSA) is 75.7 Å². The van der Waals surface area contributed by atoms with Crippen LogP contribution in [0.3, 0.4) is 0 Å². The van der Waals surface area contributed by atoms with E-state index in [9.17, 15) is 14.4 Å². The second-order valence-corrected chi connectivity index (χ2v) is 10.2. The van der Waals surface area contributed by atoms with Gasteiger partial charge in [0.05, 0.1) is 0 Å². The smallest absolute Gasteiger partial charge is 0.262 e. The second kappa shape index (κ2) is 10.4. The van der Waals surface area contributed by atoms with E-state index >= 15 is 0 Å². The number of carbonyl (C=O) groups excluding carboxylic acids is 3. The highest BCUT2D eigenvalue weighted by molar-refractivity contribution is 6.06. The molecule has 0 atom stereocenters. The summed E-state index contributed by atoms with van der Waals surface area (Å²) in [7, 11) is 0. The van der Waals surface area contributed by atoms with Crippen molar-refractivity contribution >= 4 is 23.2 Å². The summed E-state index contributed by atoms with van der Waals surface area (Å²) in [6.07, 6.45) is 4.50. The number of amides is 1.